The van der Waals surface area contributed by atoms with Gasteiger partial charge in [-0.2, -0.15) is 0 Å². The second-order valence-electron chi connectivity index (χ2n) is 3.51. The van der Waals surface area contributed by atoms with Gasteiger partial charge in [-0.05, 0) is 35.9 Å². The lowest BCUT2D eigenvalue weighted by molar-refractivity contribution is 0.583. The molecule has 2 N–H and O–H groups in total. The summed E-state index contributed by atoms with van der Waals surface area (Å²) in [5.41, 5.74) is 6.18. The van der Waals surface area contributed by atoms with Crippen molar-refractivity contribution in [3.8, 4) is 0 Å². The van der Waals surface area contributed by atoms with Crippen LogP contribution in [0.15, 0.2) is 36.5 Å². The normalized spacial score (nSPS) is 12.5. The van der Waals surface area contributed by atoms with E-state index in [4.69, 9.17) is 17.3 Å². The molecule has 0 amide bonds. The SMILES string of the molecule is NC(c1cc(F)ccc1Cl)c1ncccc1F. The van der Waals surface area contributed by atoms with E-state index in [-0.39, 0.29) is 10.7 Å². The van der Waals surface area contributed by atoms with Gasteiger partial charge in [0.2, 0.25) is 0 Å². The summed E-state index contributed by atoms with van der Waals surface area (Å²) in [7, 11) is 0. The monoisotopic (exact) mass is 254 g/mol. The van der Waals surface area contributed by atoms with Crippen molar-refractivity contribution in [2.45, 2.75) is 6.04 Å². The summed E-state index contributed by atoms with van der Waals surface area (Å²) in [6.45, 7) is 0. The van der Waals surface area contributed by atoms with Crippen LogP contribution in [0.4, 0.5) is 8.78 Å². The molecule has 2 nitrogen and oxygen atoms in total. The summed E-state index contributed by atoms with van der Waals surface area (Å²) in [5, 5.41) is 0.281. The van der Waals surface area contributed by atoms with Crippen LogP contribution in [0.1, 0.15) is 17.3 Å². The van der Waals surface area contributed by atoms with Gasteiger partial charge in [-0.3, -0.25) is 4.98 Å². The molecule has 5 heteroatoms. The molecule has 88 valence electrons. The molecular formula is C12H9ClF2N2. The van der Waals surface area contributed by atoms with Crippen LogP contribution in [0.25, 0.3) is 0 Å². The number of pyridine rings is 1. The molecule has 1 atom stereocenters. The summed E-state index contributed by atoms with van der Waals surface area (Å²) < 4.78 is 26.6. The molecule has 1 heterocycles. The van der Waals surface area contributed by atoms with Crippen LogP contribution in [-0.2, 0) is 0 Å². The van der Waals surface area contributed by atoms with E-state index in [2.05, 4.69) is 4.98 Å². The quantitative estimate of drug-likeness (QED) is 0.895. The molecule has 17 heavy (non-hydrogen) atoms. The van der Waals surface area contributed by atoms with Crippen LogP contribution in [0.2, 0.25) is 5.02 Å². The summed E-state index contributed by atoms with van der Waals surface area (Å²) in [4.78, 5) is 3.84. The minimum absolute atomic E-state index is 0.0417. The fourth-order valence-corrected chi connectivity index (χ4v) is 1.76. The minimum Gasteiger partial charge on any atom is -0.319 e. The van der Waals surface area contributed by atoms with E-state index in [0.29, 0.717) is 5.56 Å². The Morgan fingerprint density at radius 1 is 1.24 bits per heavy atom. The van der Waals surface area contributed by atoms with E-state index in [1.54, 1.807) is 0 Å². The first-order chi connectivity index (χ1) is 8.09. The Bertz CT molecular complexity index is 546. The second kappa shape index (κ2) is 4.77. The third-order valence-electron chi connectivity index (χ3n) is 2.37. The molecule has 0 saturated carbocycles. The van der Waals surface area contributed by atoms with E-state index in [9.17, 15) is 8.78 Å². The van der Waals surface area contributed by atoms with Crippen LogP contribution >= 0.6 is 11.6 Å². The fourth-order valence-electron chi connectivity index (χ4n) is 1.53. The third kappa shape index (κ3) is 2.43. The highest BCUT2D eigenvalue weighted by Gasteiger charge is 2.17. The molecule has 0 aliphatic heterocycles. The van der Waals surface area contributed by atoms with Crippen LogP contribution < -0.4 is 5.73 Å². The molecule has 0 radical (unpaired) electrons. The smallest absolute Gasteiger partial charge is 0.146 e. The van der Waals surface area contributed by atoms with Crippen LogP contribution in [0.3, 0.4) is 0 Å². The first kappa shape index (κ1) is 12.0. The molecule has 0 aliphatic rings. The zero-order chi connectivity index (χ0) is 12.4. The van der Waals surface area contributed by atoms with Gasteiger partial charge < -0.3 is 5.73 Å². The zero-order valence-electron chi connectivity index (χ0n) is 8.70. The van der Waals surface area contributed by atoms with E-state index >= 15 is 0 Å². The van der Waals surface area contributed by atoms with E-state index < -0.39 is 17.7 Å². The Hall–Kier alpha value is -1.52. The summed E-state index contributed by atoms with van der Waals surface area (Å²) in [6.07, 6.45) is 1.42. The summed E-state index contributed by atoms with van der Waals surface area (Å²) >= 11 is 5.90. The average molecular weight is 255 g/mol. The molecule has 2 aromatic rings. The Morgan fingerprint density at radius 3 is 2.71 bits per heavy atom. The first-order valence-electron chi connectivity index (χ1n) is 4.90. The van der Waals surface area contributed by atoms with Crippen molar-refractivity contribution >= 4 is 11.6 Å². The lowest BCUT2D eigenvalue weighted by Gasteiger charge is -2.13. The number of nitrogens with two attached hydrogens (primary N) is 1. The average Bonchev–Trinajstić information content (AvgIpc) is 2.32. The molecule has 2 rings (SSSR count). The van der Waals surface area contributed by atoms with Crippen LogP contribution in [0, 0.1) is 11.6 Å². The van der Waals surface area contributed by atoms with Crippen molar-refractivity contribution < 1.29 is 8.78 Å². The predicted molar refractivity (Wildman–Crippen MR) is 61.6 cm³/mol. The number of nitrogens with zero attached hydrogens (tertiary/aromatic N) is 1. The molecule has 1 unspecified atom stereocenters. The molecular weight excluding hydrogens is 246 g/mol. The Kier molecular flexibility index (Phi) is 3.36. The molecule has 0 aliphatic carbocycles. The second-order valence-corrected chi connectivity index (χ2v) is 3.92. The maximum Gasteiger partial charge on any atom is 0.146 e. The van der Waals surface area contributed by atoms with Crippen molar-refractivity contribution in [2.75, 3.05) is 0 Å². The number of hydrogen-bond donors (Lipinski definition) is 1. The molecule has 1 aromatic carbocycles. The van der Waals surface area contributed by atoms with Gasteiger partial charge in [0.15, 0.2) is 0 Å². The highest BCUT2D eigenvalue weighted by atomic mass is 35.5. The summed E-state index contributed by atoms with van der Waals surface area (Å²) in [5.74, 6) is -1.02. The van der Waals surface area contributed by atoms with Crippen molar-refractivity contribution in [3.05, 3.63) is 64.4 Å². The number of benzene rings is 1. The van der Waals surface area contributed by atoms with Gasteiger partial charge in [0.1, 0.15) is 11.6 Å². The van der Waals surface area contributed by atoms with Gasteiger partial charge in [-0.25, -0.2) is 8.78 Å². The maximum absolute atomic E-state index is 13.5. The third-order valence-corrected chi connectivity index (χ3v) is 2.72. The van der Waals surface area contributed by atoms with Crippen LogP contribution in [0.5, 0.6) is 0 Å². The van der Waals surface area contributed by atoms with E-state index in [1.807, 2.05) is 0 Å². The lowest BCUT2D eigenvalue weighted by atomic mass is 10.0. The lowest BCUT2D eigenvalue weighted by Crippen LogP contribution is -2.16. The number of hydrogen-bond acceptors (Lipinski definition) is 2. The molecule has 0 saturated heterocycles. The Balaban J connectivity index is 2.47. The van der Waals surface area contributed by atoms with Gasteiger partial charge in [-0.15, -0.1) is 0 Å². The highest BCUT2D eigenvalue weighted by Crippen LogP contribution is 2.27. The van der Waals surface area contributed by atoms with Gasteiger partial charge in [-0.1, -0.05) is 11.6 Å². The topological polar surface area (TPSA) is 38.9 Å². The number of halogens is 3. The van der Waals surface area contributed by atoms with Gasteiger partial charge >= 0.3 is 0 Å². The molecule has 0 bridgehead atoms. The minimum atomic E-state index is -0.889. The number of aromatic nitrogens is 1. The van der Waals surface area contributed by atoms with E-state index in [1.165, 1.54) is 36.5 Å². The highest BCUT2D eigenvalue weighted by molar-refractivity contribution is 6.31. The number of rotatable bonds is 2. The fraction of sp³-hybridized carbons (Fsp3) is 0.0833. The van der Waals surface area contributed by atoms with Crippen molar-refractivity contribution in [1.29, 1.82) is 0 Å². The maximum atomic E-state index is 13.5. The Labute approximate surface area is 102 Å². The zero-order valence-corrected chi connectivity index (χ0v) is 9.46. The van der Waals surface area contributed by atoms with Crippen LogP contribution in [-0.4, -0.2) is 4.98 Å². The first-order valence-corrected chi connectivity index (χ1v) is 5.28. The van der Waals surface area contributed by atoms with Crippen molar-refractivity contribution in [2.24, 2.45) is 5.73 Å². The molecule has 1 aromatic heterocycles. The van der Waals surface area contributed by atoms with Gasteiger partial charge in [0, 0.05) is 11.2 Å². The largest absolute Gasteiger partial charge is 0.319 e. The van der Waals surface area contributed by atoms with Crippen molar-refractivity contribution in [1.82, 2.24) is 4.98 Å². The van der Waals surface area contributed by atoms with Crippen molar-refractivity contribution in [3.63, 3.8) is 0 Å². The molecule has 0 fully saturated rings. The predicted octanol–water partition coefficient (Wildman–Crippen LogP) is 3.06. The standard InChI is InChI=1S/C12H9ClF2N2/c13-9-4-3-7(14)6-8(9)11(16)12-10(15)2-1-5-17-12/h1-6,11H,16H2. The molecule has 0 spiro atoms. The Morgan fingerprint density at radius 2 is 2.00 bits per heavy atom. The van der Waals surface area contributed by atoms with Gasteiger partial charge in [0.05, 0.1) is 11.7 Å². The van der Waals surface area contributed by atoms with E-state index in [0.717, 1.165) is 0 Å². The summed E-state index contributed by atoms with van der Waals surface area (Å²) in [6, 6.07) is 5.59. The van der Waals surface area contributed by atoms with Gasteiger partial charge in [0.25, 0.3) is 0 Å².